The molecule has 0 amide bonds. The van der Waals surface area contributed by atoms with Crippen LogP contribution in [0.5, 0.6) is 5.75 Å². The Morgan fingerprint density at radius 3 is 2.30 bits per heavy atom. The van der Waals surface area contributed by atoms with E-state index in [-0.39, 0.29) is 5.56 Å². The van der Waals surface area contributed by atoms with E-state index in [9.17, 15) is 9.90 Å². The number of phenols is 1. The Bertz CT molecular complexity index is 1050. The van der Waals surface area contributed by atoms with E-state index in [0.717, 1.165) is 35.0 Å². The molecule has 3 rings (SSSR count). The average Bonchev–Trinajstić information content (AvgIpc) is 2.83. The van der Waals surface area contributed by atoms with Crippen LogP contribution in [0, 0.1) is 0 Å². The highest BCUT2D eigenvalue weighted by molar-refractivity contribution is 7.99. The molecule has 1 aromatic carbocycles. The van der Waals surface area contributed by atoms with E-state index in [2.05, 4.69) is 39.1 Å². The van der Waals surface area contributed by atoms with Crippen molar-refractivity contribution in [1.82, 2.24) is 9.97 Å². The molecule has 0 saturated carbocycles. The number of benzene rings is 1. The minimum Gasteiger partial charge on any atom is -0.507 e. The first-order valence-electron chi connectivity index (χ1n) is 11.8. The molecule has 2 N–H and O–H groups in total. The zero-order chi connectivity index (χ0) is 23.1. The van der Waals surface area contributed by atoms with Crippen LogP contribution in [0.2, 0.25) is 0 Å². The maximum atomic E-state index is 11.2. The molecule has 33 heavy (non-hydrogen) atoms. The summed E-state index contributed by atoms with van der Waals surface area (Å²) >= 11 is 1.63. The van der Waals surface area contributed by atoms with Gasteiger partial charge in [0.1, 0.15) is 12.3 Å². The Morgan fingerprint density at radius 1 is 0.879 bits per heavy atom. The first-order valence-corrected chi connectivity index (χ1v) is 12.8. The average molecular weight is 465 g/mol. The van der Waals surface area contributed by atoms with E-state index in [1.54, 1.807) is 24.0 Å². The van der Waals surface area contributed by atoms with Crippen LogP contribution in [-0.2, 0) is 6.54 Å². The predicted octanol–water partition coefficient (Wildman–Crippen LogP) is 5.85. The summed E-state index contributed by atoms with van der Waals surface area (Å²) in [6.07, 6.45) is 19.9. The Hall–Kier alpha value is -2.86. The van der Waals surface area contributed by atoms with Crippen molar-refractivity contribution in [2.45, 2.75) is 63.1 Å². The maximum Gasteiger partial charge on any atom is 0.251 e. The van der Waals surface area contributed by atoms with Gasteiger partial charge in [-0.25, -0.2) is 9.55 Å². The second kappa shape index (κ2) is 14.3. The summed E-state index contributed by atoms with van der Waals surface area (Å²) in [7, 11) is 0. The molecular formula is C27H34N3O2S+. The van der Waals surface area contributed by atoms with Gasteiger partial charge in [-0.3, -0.25) is 4.79 Å². The van der Waals surface area contributed by atoms with Crippen LogP contribution in [0.4, 0.5) is 0 Å². The van der Waals surface area contributed by atoms with Crippen LogP contribution in [0.15, 0.2) is 71.0 Å². The van der Waals surface area contributed by atoms with Gasteiger partial charge in [0.2, 0.25) is 0 Å². The molecule has 0 atom stereocenters. The van der Waals surface area contributed by atoms with Gasteiger partial charge in [0, 0.05) is 42.1 Å². The number of hydrogen-bond acceptors (Lipinski definition) is 4. The maximum absolute atomic E-state index is 11.2. The zero-order valence-electron chi connectivity index (χ0n) is 19.2. The van der Waals surface area contributed by atoms with Gasteiger partial charge in [0.25, 0.3) is 5.56 Å². The number of aromatic nitrogens is 3. The monoisotopic (exact) mass is 464 g/mol. The third-order valence-electron chi connectivity index (χ3n) is 5.51. The Labute approximate surface area is 200 Å². The van der Waals surface area contributed by atoms with E-state index < -0.39 is 0 Å². The SMILES string of the molecule is O=c1ccnc(SCCCCCCCCCC[n+]2ccc(/C=C/c3ccccc3O)cc2)[nH]1. The summed E-state index contributed by atoms with van der Waals surface area (Å²) in [5.41, 5.74) is 1.87. The number of para-hydroxylation sites is 1. The minimum atomic E-state index is -0.0826. The molecule has 174 valence electrons. The zero-order valence-corrected chi connectivity index (χ0v) is 20.0. The van der Waals surface area contributed by atoms with E-state index >= 15 is 0 Å². The van der Waals surface area contributed by atoms with E-state index in [0.29, 0.717) is 5.75 Å². The molecule has 0 bridgehead atoms. The molecule has 0 aliphatic carbocycles. The summed E-state index contributed by atoms with van der Waals surface area (Å²) in [5.74, 6) is 1.31. The van der Waals surface area contributed by atoms with Crippen molar-refractivity contribution in [3.8, 4) is 5.75 Å². The topological polar surface area (TPSA) is 69.9 Å². The lowest BCUT2D eigenvalue weighted by atomic mass is 10.1. The normalized spacial score (nSPS) is 11.3. The molecule has 0 aliphatic heterocycles. The number of phenolic OH excluding ortho intramolecular Hbond substituents is 1. The lowest BCUT2D eigenvalue weighted by molar-refractivity contribution is -0.697. The number of aromatic amines is 1. The highest BCUT2D eigenvalue weighted by Gasteiger charge is 2.01. The predicted molar refractivity (Wildman–Crippen MR) is 136 cm³/mol. The third kappa shape index (κ3) is 9.66. The van der Waals surface area contributed by atoms with Crippen molar-refractivity contribution >= 4 is 23.9 Å². The first kappa shape index (κ1) is 24.8. The van der Waals surface area contributed by atoms with Crippen molar-refractivity contribution in [3.05, 3.63) is 82.5 Å². The number of aromatic hydroxyl groups is 1. The molecule has 0 radical (unpaired) electrons. The number of rotatable bonds is 14. The van der Waals surface area contributed by atoms with E-state index in [4.69, 9.17) is 0 Å². The number of nitrogens with zero attached hydrogens (tertiary/aromatic N) is 2. The molecule has 0 fully saturated rings. The molecule has 2 aromatic heterocycles. The van der Waals surface area contributed by atoms with Gasteiger partial charge in [0.15, 0.2) is 17.6 Å². The first-order chi connectivity index (χ1) is 16.2. The van der Waals surface area contributed by atoms with Crippen LogP contribution >= 0.6 is 11.8 Å². The fraction of sp³-hybridized carbons (Fsp3) is 0.370. The molecule has 0 aliphatic rings. The molecule has 6 heteroatoms. The number of unbranched alkanes of at least 4 members (excludes halogenated alkanes) is 7. The lowest BCUT2D eigenvalue weighted by Gasteiger charge is -2.02. The Kier molecular flexibility index (Phi) is 10.8. The van der Waals surface area contributed by atoms with Gasteiger partial charge in [-0.15, -0.1) is 0 Å². The highest BCUT2D eigenvalue weighted by atomic mass is 32.2. The van der Waals surface area contributed by atoms with Crippen molar-refractivity contribution in [2.75, 3.05) is 5.75 Å². The molecule has 0 saturated heterocycles. The smallest absolute Gasteiger partial charge is 0.251 e. The van der Waals surface area contributed by atoms with Gasteiger partial charge in [-0.2, -0.15) is 0 Å². The molecule has 0 unspecified atom stereocenters. The summed E-state index contributed by atoms with van der Waals surface area (Å²) in [5, 5.41) is 10.6. The summed E-state index contributed by atoms with van der Waals surface area (Å²) < 4.78 is 2.24. The second-order valence-electron chi connectivity index (χ2n) is 8.18. The summed E-state index contributed by atoms with van der Waals surface area (Å²) in [4.78, 5) is 18.1. The second-order valence-corrected chi connectivity index (χ2v) is 9.26. The number of H-pyrrole nitrogens is 1. The number of thioether (sulfide) groups is 1. The minimum absolute atomic E-state index is 0.0826. The summed E-state index contributed by atoms with van der Waals surface area (Å²) in [6, 6.07) is 13.0. The molecule has 0 spiro atoms. The van der Waals surface area contributed by atoms with Gasteiger partial charge in [0.05, 0.1) is 0 Å². The number of hydrogen-bond donors (Lipinski definition) is 2. The van der Waals surface area contributed by atoms with Crippen LogP contribution in [0.1, 0.15) is 62.5 Å². The summed E-state index contributed by atoms with van der Waals surface area (Å²) in [6.45, 7) is 1.05. The van der Waals surface area contributed by atoms with Gasteiger partial charge >= 0.3 is 0 Å². The van der Waals surface area contributed by atoms with Gasteiger partial charge in [-0.05, 0) is 24.5 Å². The van der Waals surface area contributed by atoms with Crippen molar-refractivity contribution < 1.29 is 9.67 Å². The van der Waals surface area contributed by atoms with Gasteiger partial charge < -0.3 is 10.1 Å². The number of nitrogens with one attached hydrogen (secondary N) is 1. The molecular weight excluding hydrogens is 430 g/mol. The fourth-order valence-corrected chi connectivity index (χ4v) is 4.44. The van der Waals surface area contributed by atoms with Crippen molar-refractivity contribution in [3.63, 3.8) is 0 Å². The quantitative estimate of drug-likeness (QED) is 0.136. The van der Waals surface area contributed by atoms with Crippen molar-refractivity contribution in [1.29, 1.82) is 0 Å². The van der Waals surface area contributed by atoms with Crippen LogP contribution in [0.25, 0.3) is 12.2 Å². The van der Waals surface area contributed by atoms with Crippen LogP contribution < -0.4 is 10.1 Å². The highest BCUT2D eigenvalue weighted by Crippen LogP contribution is 2.18. The Balaban J connectivity index is 1.19. The number of pyridine rings is 1. The van der Waals surface area contributed by atoms with Crippen LogP contribution in [0.3, 0.4) is 0 Å². The molecule has 3 aromatic rings. The molecule has 5 nitrogen and oxygen atoms in total. The number of aryl methyl sites for hydroxylation is 1. The lowest BCUT2D eigenvalue weighted by Crippen LogP contribution is -2.32. The molecule has 2 heterocycles. The van der Waals surface area contributed by atoms with E-state index in [1.165, 1.54) is 51.0 Å². The van der Waals surface area contributed by atoms with E-state index in [1.807, 2.05) is 30.4 Å². The van der Waals surface area contributed by atoms with Crippen molar-refractivity contribution in [2.24, 2.45) is 0 Å². The largest absolute Gasteiger partial charge is 0.507 e. The Morgan fingerprint density at radius 2 is 1.58 bits per heavy atom. The van der Waals surface area contributed by atoms with Gasteiger partial charge in [-0.1, -0.05) is 74.2 Å². The third-order valence-corrected chi connectivity index (χ3v) is 6.48. The standard InChI is InChI=1S/C27H33N3O2S/c31-25-12-8-7-11-24(25)14-13-23-16-20-30(21-17-23)19-9-5-3-1-2-4-6-10-22-33-27-28-18-15-26(32)29-27/h7-8,11-18,20-21H,1-6,9-10,19,22H2,(H,28,29,32)/p+1. The van der Waals surface area contributed by atoms with Crippen LogP contribution in [-0.4, -0.2) is 20.8 Å². The fourth-order valence-electron chi connectivity index (χ4n) is 3.59.